The van der Waals surface area contributed by atoms with Crippen LogP contribution in [0.25, 0.3) is 0 Å². The van der Waals surface area contributed by atoms with Gasteiger partial charge in [0.25, 0.3) is 0 Å². The van der Waals surface area contributed by atoms with Crippen LogP contribution in [0.5, 0.6) is 0 Å². The van der Waals surface area contributed by atoms with Crippen LogP contribution in [0.3, 0.4) is 0 Å². The molecule has 1 aliphatic carbocycles. The molecule has 0 N–H and O–H groups in total. The molecule has 104 valence electrons. The minimum Gasteiger partial charge on any atom is -0.259 e. The first kappa shape index (κ1) is 14.6. The molecule has 0 aromatic carbocycles. The summed E-state index contributed by atoms with van der Waals surface area (Å²) in [5.41, 5.74) is 1.24. The van der Waals surface area contributed by atoms with E-state index in [9.17, 15) is 0 Å². The van der Waals surface area contributed by atoms with Crippen LogP contribution in [0.4, 0.5) is 0 Å². The van der Waals surface area contributed by atoms with E-state index in [0.717, 1.165) is 5.70 Å². The fraction of sp³-hybridized carbons (Fsp3) is 0.588. The molecule has 1 nitrogen and oxygen atoms in total. The molecule has 0 bridgehead atoms. The van der Waals surface area contributed by atoms with Gasteiger partial charge in [0, 0.05) is 16.5 Å². The average Bonchev–Trinajstić information content (AvgIpc) is 2.50. The number of aliphatic imine (C=N–C) groups is 1. The lowest BCUT2D eigenvalue weighted by Crippen LogP contribution is -2.31. The third kappa shape index (κ3) is 2.74. The predicted octanol–water partition coefficient (Wildman–Crippen LogP) is 5.22. The van der Waals surface area contributed by atoms with E-state index >= 15 is 0 Å². The first-order chi connectivity index (χ1) is 8.77. The van der Waals surface area contributed by atoms with Gasteiger partial charge in [0.1, 0.15) is 0 Å². The van der Waals surface area contributed by atoms with Crippen molar-refractivity contribution in [2.45, 2.75) is 46.3 Å². The summed E-state index contributed by atoms with van der Waals surface area (Å²) >= 11 is 1.94. The maximum atomic E-state index is 4.71. The molecule has 0 amide bonds. The molecule has 1 heterocycles. The standard InChI is InChI=1S/C17H25NS/c1-12(2)16(5)9-7-14-15(8-10-16)19-17(6,11-18-14)13(3)4/h7-13H,1-6H3. The van der Waals surface area contributed by atoms with E-state index in [0.29, 0.717) is 11.8 Å². The van der Waals surface area contributed by atoms with E-state index in [4.69, 9.17) is 4.99 Å². The molecule has 0 fully saturated rings. The quantitative estimate of drug-likeness (QED) is 0.673. The van der Waals surface area contributed by atoms with Gasteiger partial charge in [0.15, 0.2) is 0 Å². The van der Waals surface area contributed by atoms with Crippen molar-refractivity contribution in [2.24, 2.45) is 22.2 Å². The fourth-order valence-corrected chi connectivity index (χ4v) is 3.22. The van der Waals surface area contributed by atoms with Crippen LogP contribution in [-0.4, -0.2) is 11.0 Å². The first-order valence-corrected chi connectivity index (χ1v) is 7.95. The molecule has 0 saturated heterocycles. The highest BCUT2D eigenvalue weighted by Gasteiger charge is 2.33. The zero-order chi connectivity index (χ0) is 14.3. The molecule has 2 rings (SSSR count). The number of hydrogen-bond donors (Lipinski definition) is 0. The van der Waals surface area contributed by atoms with Gasteiger partial charge in [-0.2, -0.15) is 0 Å². The van der Waals surface area contributed by atoms with Gasteiger partial charge in [0.2, 0.25) is 0 Å². The van der Waals surface area contributed by atoms with Gasteiger partial charge in [-0.15, -0.1) is 11.8 Å². The second-order valence-corrected chi connectivity index (χ2v) is 8.16. The Morgan fingerprint density at radius 1 is 1.00 bits per heavy atom. The Labute approximate surface area is 122 Å². The summed E-state index contributed by atoms with van der Waals surface area (Å²) < 4.78 is 0.107. The minimum atomic E-state index is 0.107. The van der Waals surface area contributed by atoms with E-state index in [1.165, 1.54) is 4.91 Å². The number of rotatable bonds is 2. The van der Waals surface area contributed by atoms with Crippen molar-refractivity contribution in [1.82, 2.24) is 0 Å². The lowest BCUT2D eigenvalue weighted by Gasteiger charge is -2.32. The highest BCUT2D eigenvalue weighted by atomic mass is 32.2. The molecule has 0 saturated carbocycles. The van der Waals surface area contributed by atoms with Crippen LogP contribution in [-0.2, 0) is 0 Å². The summed E-state index contributed by atoms with van der Waals surface area (Å²) in [6, 6.07) is 0. The van der Waals surface area contributed by atoms with E-state index in [1.54, 1.807) is 0 Å². The molecule has 2 aliphatic rings. The molecule has 0 aromatic rings. The van der Waals surface area contributed by atoms with Gasteiger partial charge < -0.3 is 0 Å². The monoisotopic (exact) mass is 275 g/mol. The number of allylic oxidation sites excluding steroid dienone is 4. The van der Waals surface area contributed by atoms with E-state index in [2.05, 4.69) is 72.1 Å². The first-order valence-electron chi connectivity index (χ1n) is 7.14. The average molecular weight is 275 g/mol. The van der Waals surface area contributed by atoms with Crippen LogP contribution >= 0.6 is 11.8 Å². The summed E-state index contributed by atoms with van der Waals surface area (Å²) in [6.45, 7) is 13.6. The number of nitrogens with zero attached hydrogens (tertiary/aromatic N) is 1. The zero-order valence-corrected chi connectivity index (χ0v) is 13.7. The van der Waals surface area contributed by atoms with Gasteiger partial charge in [-0.1, -0.05) is 46.8 Å². The van der Waals surface area contributed by atoms with Crippen LogP contribution in [0.2, 0.25) is 0 Å². The topological polar surface area (TPSA) is 12.4 Å². The van der Waals surface area contributed by atoms with Crippen LogP contribution in [0.15, 0.2) is 39.9 Å². The van der Waals surface area contributed by atoms with Crippen molar-refractivity contribution in [2.75, 3.05) is 0 Å². The lowest BCUT2D eigenvalue weighted by atomic mass is 9.79. The second kappa shape index (κ2) is 4.97. The van der Waals surface area contributed by atoms with Crippen LogP contribution < -0.4 is 0 Å². The maximum absolute atomic E-state index is 4.71. The Kier molecular flexibility index (Phi) is 3.83. The van der Waals surface area contributed by atoms with Crippen molar-refractivity contribution in [1.29, 1.82) is 0 Å². The molecule has 19 heavy (non-hydrogen) atoms. The second-order valence-electron chi connectivity index (χ2n) is 6.64. The lowest BCUT2D eigenvalue weighted by molar-refractivity contribution is 0.383. The Bertz CT molecular complexity index is 481. The normalized spacial score (nSPS) is 34.1. The third-order valence-electron chi connectivity index (χ3n) is 4.63. The largest absolute Gasteiger partial charge is 0.259 e. The summed E-state index contributed by atoms with van der Waals surface area (Å²) in [7, 11) is 0. The smallest absolute Gasteiger partial charge is 0.0759 e. The summed E-state index contributed by atoms with van der Waals surface area (Å²) in [4.78, 5) is 6.01. The summed E-state index contributed by atoms with van der Waals surface area (Å²) in [5, 5.41) is 0. The SMILES string of the molecule is CC(C)C1(C)C=CC2=C(C=C1)SC(C)(C(C)C)C=N2. The zero-order valence-electron chi connectivity index (χ0n) is 12.9. The van der Waals surface area contributed by atoms with E-state index in [-0.39, 0.29) is 10.2 Å². The molecule has 1 aliphatic heterocycles. The van der Waals surface area contributed by atoms with Crippen molar-refractivity contribution in [3.05, 3.63) is 34.9 Å². The van der Waals surface area contributed by atoms with Crippen molar-refractivity contribution in [3.63, 3.8) is 0 Å². The molecule has 0 radical (unpaired) electrons. The van der Waals surface area contributed by atoms with E-state index in [1.807, 2.05) is 11.8 Å². The highest BCUT2D eigenvalue weighted by molar-refractivity contribution is 8.05. The van der Waals surface area contributed by atoms with Gasteiger partial charge >= 0.3 is 0 Å². The predicted molar refractivity (Wildman–Crippen MR) is 87.6 cm³/mol. The maximum Gasteiger partial charge on any atom is 0.0759 e. The third-order valence-corrected chi connectivity index (χ3v) is 6.21. The van der Waals surface area contributed by atoms with Gasteiger partial charge in [0.05, 0.1) is 10.4 Å². The van der Waals surface area contributed by atoms with Crippen molar-refractivity contribution >= 4 is 18.0 Å². The van der Waals surface area contributed by atoms with Gasteiger partial charge in [-0.3, -0.25) is 4.99 Å². The summed E-state index contributed by atoms with van der Waals surface area (Å²) in [5.74, 6) is 1.17. The van der Waals surface area contributed by atoms with Gasteiger partial charge in [-0.25, -0.2) is 0 Å². The molecule has 2 unspecified atom stereocenters. The molecule has 0 aromatic heterocycles. The minimum absolute atomic E-state index is 0.107. The van der Waals surface area contributed by atoms with Crippen LogP contribution in [0, 0.1) is 17.3 Å². The molecular formula is C17H25NS. The Morgan fingerprint density at radius 2 is 1.63 bits per heavy atom. The molecular weight excluding hydrogens is 250 g/mol. The number of hydrogen-bond acceptors (Lipinski definition) is 2. The fourth-order valence-electron chi connectivity index (χ4n) is 2.04. The molecule has 2 atom stereocenters. The Balaban J connectivity index is 2.33. The Morgan fingerprint density at radius 3 is 2.21 bits per heavy atom. The Hall–Kier alpha value is -0.760. The van der Waals surface area contributed by atoms with Crippen molar-refractivity contribution < 1.29 is 0 Å². The van der Waals surface area contributed by atoms with Crippen molar-refractivity contribution in [3.8, 4) is 0 Å². The molecule has 0 spiro atoms. The summed E-state index contributed by atoms with van der Waals surface area (Å²) in [6.07, 6.45) is 11.2. The highest BCUT2D eigenvalue weighted by Crippen LogP contribution is 2.44. The van der Waals surface area contributed by atoms with Gasteiger partial charge in [-0.05, 0) is 30.9 Å². The van der Waals surface area contributed by atoms with Crippen LogP contribution in [0.1, 0.15) is 41.5 Å². The van der Waals surface area contributed by atoms with E-state index < -0.39 is 0 Å². The molecule has 2 heteroatoms. The number of thioether (sulfide) groups is 1.